The monoisotopic (exact) mass is 396 g/mol. The van der Waals surface area contributed by atoms with Gasteiger partial charge in [0.05, 0.1) is 6.26 Å². The summed E-state index contributed by atoms with van der Waals surface area (Å²) >= 11 is 0. The number of aromatic nitrogens is 3. The van der Waals surface area contributed by atoms with Gasteiger partial charge in [-0.25, -0.2) is 4.98 Å². The van der Waals surface area contributed by atoms with Crippen LogP contribution >= 0.6 is 0 Å². The van der Waals surface area contributed by atoms with Crippen molar-refractivity contribution in [2.45, 2.75) is 13.0 Å². The van der Waals surface area contributed by atoms with Gasteiger partial charge in [-0.3, -0.25) is 10.1 Å². The topological polar surface area (TPSA) is 101 Å². The third-order valence-electron chi connectivity index (χ3n) is 4.52. The van der Waals surface area contributed by atoms with Gasteiger partial charge in [-0.2, -0.15) is 5.10 Å². The lowest BCUT2D eigenvalue weighted by Gasteiger charge is -2.23. The molecule has 9 heteroatoms. The summed E-state index contributed by atoms with van der Waals surface area (Å²) in [6, 6.07) is 9.66. The summed E-state index contributed by atoms with van der Waals surface area (Å²) in [4.78, 5) is 10.9. The molecule has 0 spiro atoms. The Kier molecular flexibility index (Phi) is 5.64. The molecule has 0 saturated heterocycles. The zero-order chi connectivity index (χ0) is 20.1. The highest BCUT2D eigenvalue weighted by Crippen LogP contribution is 2.31. The number of hydrogen-bond acceptors (Lipinski definition) is 6. The minimum absolute atomic E-state index is 0.560. The van der Waals surface area contributed by atoms with E-state index in [-0.39, 0.29) is 0 Å². The normalized spacial score (nSPS) is 13.4. The number of guanidine groups is 1. The number of aromatic amines is 1. The van der Waals surface area contributed by atoms with Crippen LogP contribution in [0.4, 0.5) is 0 Å². The maximum atomic E-state index is 5.66. The molecule has 1 aliphatic heterocycles. The van der Waals surface area contributed by atoms with Gasteiger partial charge in [-0.05, 0) is 29.8 Å². The van der Waals surface area contributed by atoms with Gasteiger partial charge in [-0.15, -0.1) is 0 Å². The largest absolute Gasteiger partial charge is 0.486 e. The Hall–Kier alpha value is -3.49. The maximum Gasteiger partial charge on any atom is 0.216 e. The number of rotatable bonds is 6. The van der Waals surface area contributed by atoms with E-state index in [1.54, 1.807) is 13.3 Å². The molecular formula is C20H24N6O3. The lowest BCUT2D eigenvalue weighted by molar-refractivity contribution is 0.171. The number of benzene rings is 1. The van der Waals surface area contributed by atoms with Crippen molar-refractivity contribution in [2.24, 2.45) is 4.99 Å². The van der Waals surface area contributed by atoms with Crippen LogP contribution in [0.15, 0.2) is 46.0 Å². The van der Waals surface area contributed by atoms with Gasteiger partial charge >= 0.3 is 0 Å². The van der Waals surface area contributed by atoms with Crippen LogP contribution in [0.1, 0.15) is 11.4 Å². The van der Waals surface area contributed by atoms with E-state index in [0.717, 1.165) is 28.8 Å². The van der Waals surface area contributed by atoms with Crippen molar-refractivity contribution < 1.29 is 13.9 Å². The number of H-pyrrole nitrogens is 1. The Balaban J connectivity index is 1.30. The molecule has 9 nitrogen and oxygen atoms in total. The first-order chi connectivity index (χ1) is 14.2. The van der Waals surface area contributed by atoms with Gasteiger partial charge < -0.3 is 24.1 Å². The fourth-order valence-electron chi connectivity index (χ4n) is 3.14. The molecule has 152 valence electrons. The average Bonchev–Trinajstić information content (AvgIpc) is 3.43. The van der Waals surface area contributed by atoms with E-state index < -0.39 is 0 Å². The Morgan fingerprint density at radius 2 is 2.10 bits per heavy atom. The molecule has 4 rings (SSSR count). The van der Waals surface area contributed by atoms with Gasteiger partial charge in [0, 0.05) is 33.6 Å². The van der Waals surface area contributed by atoms with Crippen molar-refractivity contribution in [3.8, 4) is 23.1 Å². The highest BCUT2D eigenvalue weighted by molar-refractivity contribution is 5.79. The van der Waals surface area contributed by atoms with Crippen LogP contribution in [-0.2, 0) is 13.0 Å². The van der Waals surface area contributed by atoms with E-state index in [4.69, 9.17) is 13.9 Å². The molecule has 2 N–H and O–H groups in total. The van der Waals surface area contributed by atoms with Crippen LogP contribution in [0, 0.1) is 0 Å². The first kappa shape index (κ1) is 18.9. The average molecular weight is 396 g/mol. The van der Waals surface area contributed by atoms with Crippen LogP contribution < -0.4 is 14.8 Å². The molecule has 2 aromatic heterocycles. The maximum absolute atomic E-state index is 5.66. The molecule has 3 aromatic rings. The quantitative estimate of drug-likeness (QED) is 0.486. The van der Waals surface area contributed by atoms with Crippen molar-refractivity contribution in [2.75, 3.05) is 33.9 Å². The molecule has 3 heterocycles. The predicted molar refractivity (Wildman–Crippen MR) is 108 cm³/mol. The zero-order valence-electron chi connectivity index (χ0n) is 16.5. The Morgan fingerprint density at radius 1 is 1.24 bits per heavy atom. The Labute approximate surface area is 168 Å². The molecular weight excluding hydrogens is 372 g/mol. The Bertz CT molecular complexity index is 967. The molecule has 29 heavy (non-hydrogen) atoms. The summed E-state index contributed by atoms with van der Waals surface area (Å²) in [6.45, 7) is 2.54. The summed E-state index contributed by atoms with van der Waals surface area (Å²) in [7, 11) is 3.77. The van der Waals surface area contributed by atoms with Gasteiger partial charge in [0.1, 0.15) is 19.0 Å². The van der Waals surface area contributed by atoms with Crippen molar-refractivity contribution in [3.05, 3.63) is 48.0 Å². The van der Waals surface area contributed by atoms with Crippen LogP contribution in [0.2, 0.25) is 0 Å². The fourth-order valence-corrected chi connectivity index (χ4v) is 3.14. The van der Waals surface area contributed by atoms with Crippen molar-refractivity contribution in [1.82, 2.24) is 25.4 Å². The molecule has 0 amide bonds. The molecule has 0 bridgehead atoms. The van der Waals surface area contributed by atoms with Gasteiger partial charge in [0.15, 0.2) is 23.2 Å². The fraction of sp³-hybridized carbons (Fsp3) is 0.350. The summed E-state index contributed by atoms with van der Waals surface area (Å²) in [5.41, 5.74) is 1.12. The molecule has 1 aromatic carbocycles. The third-order valence-corrected chi connectivity index (χ3v) is 4.52. The first-order valence-corrected chi connectivity index (χ1v) is 9.48. The minimum atomic E-state index is 0.560. The van der Waals surface area contributed by atoms with E-state index in [1.165, 1.54) is 0 Å². The van der Waals surface area contributed by atoms with Crippen molar-refractivity contribution >= 4 is 5.96 Å². The Morgan fingerprint density at radius 3 is 2.90 bits per heavy atom. The third kappa shape index (κ3) is 4.50. The number of nitrogens with one attached hydrogen (secondary N) is 2. The van der Waals surface area contributed by atoms with E-state index >= 15 is 0 Å². The number of fused-ring (bicyclic) bond motifs is 1. The van der Waals surface area contributed by atoms with E-state index in [9.17, 15) is 0 Å². The van der Waals surface area contributed by atoms with Crippen molar-refractivity contribution in [1.29, 1.82) is 0 Å². The van der Waals surface area contributed by atoms with Crippen LogP contribution in [-0.4, -0.2) is 59.9 Å². The lowest BCUT2D eigenvalue weighted by Crippen LogP contribution is -2.39. The second-order valence-electron chi connectivity index (χ2n) is 6.64. The van der Waals surface area contributed by atoms with E-state index in [1.807, 2.05) is 37.4 Å². The number of aliphatic imine (C=N–C) groups is 1. The highest BCUT2D eigenvalue weighted by Gasteiger charge is 2.14. The molecule has 0 saturated carbocycles. The summed E-state index contributed by atoms with van der Waals surface area (Å²) in [5.74, 6) is 4.38. The summed E-state index contributed by atoms with van der Waals surface area (Å²) in [6.07, 6.45) is 2.29. The van der Waals surface area contributed by atoms with Crippen molar-refractivity contribution in [3.63, 3.8) is 0 Å². The molecule has 1 aliphatic rings. The van der Waals surface area contributed by atoms with Crippen LogP contribution in [0.3, 0.4) is 0 Å². The lowest BCUT2D eigenvalue weighted by atomic mass is 10.2. The number of ether oxygens (including phenoxy) is 2. The standard InChI is InChI=1S/C20H24N6O3/c1-21-20(22-8-7-18-23-19(25-24-18)16-4-3-9-27-16)26(2)13-14-5-6-15-17(12-14)29-11-10-28-15/h3-6,9,12H,7-8,10-11,13H2,1-2H3,(H,21,22)(H,23,24,25). The molecule has 0 atom stereocenters. The molecule has 0 aliphatic carbocycles. The van der Waals surface area contributed by atoms with Crippen LogP contribution in [0.25, 0.3) is 11.6 Å². The molecule has 0 radical (unpaired) electrons. The molecule has 0 fully saturated rings. The second-order valence-corrected chi connectivity index (χ2v) is 6.64. The smallest absolute Gasteiger partial charge is 0.216 e. The predicted octanol–water partition coefficient (Wildman–Crippen LogP) is 2.09. The SMILES string of the molecule is CN=C(NCCc1nc(-c2ccco2)n[nH]1)N(C)Cc1ccc2c(c1)OCCO2. The summed E-state index contributed by atoms with van der Waals surface area (Å²) < 4.78 is 16.6. The number of nitrogens with zero attached hydrogens (tertiary/aromatic N) is 4. The first-order valence-electron chi connectivity index (χ1n) is 9.48. The van der Waals surface area contributed by atoms with E-state index in [2.05, 4.69) is 30.4 Å². The number of hydrogen-bond donors (Lipinski definition) is 2. The van der Waals surface area contributed by atoms with Gasteiger partial charge in [0.25, 0.3) is 0 Å². The highest BCUT2D eigenvalue weighted by atomic mass is 16.6. The van der Waals surface area contributed by atoms with Crippen LogP contribution in [0.5, 0.6) is 11.5 Å². The number of furan rings is 1. The minimum Gasteiger partial charge on any atom is -0.486 e. The van der Waals surface area contributed by atoms with Gasteiger partial charge in [-0.1, -0.05) is 6.07 Å². The summed E-state index contributed by atoms with van der Waals surface area (Å²) in [5, 5.41) is 10.5. The van der Waals surface area contributed by atoms with Gasteiger partial charge in [0.2, 0.25) is 5.82 Å². The second kappa shape index (κ2) is 8.68. The van der Waals surface area contributed by atoms with E-state index in [0.29, 0.717) is 44.3 Å². The zero-order valence-corrected chi connectivity index (χ0v) is 16.5. The molecule has 0 unspecified atom stereocenters.